The number of hydrogen-bond donors (Lipinski definition) is 1. The minimum atomic E-state index is -0.961. The molecule has 0 spiro atoms. The van der Waals surface area contributed by atoms with E-state index in [0.717, 1.165) is 11.6 Å². The summed E-state index contributed by atoms with van der Waals surface area (Å²) >= 11 is 5.87. The van der Waals surface area contributed by atoms with Gasteiger partial charge < -0.3 is 5.11 Å². The zero-order valence-corrected chi connectivity index (χ0v) is 7.88. The molecule has 0 heterocycles. The van der Waals surface area contributed by atoms with Crippen LogP contribution in [0.2, 0.25) is 5.02 Å². The number of aliphatic carboxylic acids is 1. The molecular weight excluding hydrogens is 188 g/mol. The van der Waals surface area contributed by atoms with Crippen LogP contribution in [0.25, 0.3) is 5.57 Å². The molecule has 0 atom stereocenters. The molecule has 0 unspecified atom stereocenters. The zero-order chi connectivity index (χ0) is 9.84. The van der Waals surface area contributed by atoms with Crippen molar-refractivity contribution in [2.45, 2.75) is 6.92 Å². The van der Waals surface area contributed by atoms with Crippen molar-refractivity contribution >= 4 is 23.1 Å². The van der Waals surface area contributed by atoms with Crippen molar-refractivity contribution in [2.24, 2.45) is 0 Å². The van der Waals surface area contributed by atoms with E-state index in [4.69, 9.17) is 16.7 Å². The monoisotopic (exact) mass is 196 g/mol. The first-order valence-electron chi connectivity index (χ1n) is 3.77. The summed E-state index contributed by atoms with van der Waals surface area (Å²) in [5, 5.41) is 9.08. The van der Waals surface area contributed by atoms with E-state index in [-0.39, 0.29) is 0 Å². The molecule has 0 aromatic heterocycles. The standard InChI is InChI=1S/C10H9ClO2/c1-7(6-10(12)13)8-4-2-3-5-9(8)11/h2-6H,1H3,(H,12,13)/b7-6-. The first-order chi connectivity index (χ1) is 6.11. The largest absolute Gasteiger partial charge is 0.478 e. The molecule has 1 aromatic carbocycles. The molecule has 0 fully saturated rings. The second-order valence-corrected chi connectivity index (χ2v) is 3.05. The van der Waals surface area contributed by atoms with Crippen LogP contribution in [0.15, 0.2) is 30.3 Å². The molecule has 1 N–H and O–H groups in total. The molecule has 68 valence electrons. The van der Waals surface area contributed by atoms with Gasteiger partial charge in [-0.25, -0.2) is 4.79 Å². The average molecular weight is 197 g/mol. The van der Waals surface area contributed by atoms with Gasteiger partial charge in [0.25, 0.3) is 0 Å². The lowest BCUT2D eigenvalue weighted by molar-refractivity contribution is -0.131. The molecule has 13 heavy (non-hydrogen) atoms. The fourth-order valence-corrected chi connectivity index (χ4v) is 1.33. The molecule has 0 saturated heterocycles. The Labute approximate surface area is 81.5 Å². The van der Waals surface area contributed by atoms with Gasteiger partial charge in [-0.3, -0.25) is 0 Å². The number of rotatable bonds is 2. The third kappa shape index (κ3) is 2.60. The van der Waals surface area contributed by atoms with E-state index in [1.54, 1.807) is 25.1 Å². The van der Waals surface area contributed by atoms with E-state index in [9.17, 15) is 4.79 Å². The van der Waals surface area contributed by atoms with Gasteiger partial charge in [0.15, 0.2) is 0 Å². The molecule has 0 amide bonds. The summed E-state index contributed by atoms with van der Waals surface area (Å²) < 4.78 is 0. The Morgan fingerprint density at radius 3 is 2.62 bits per heavy atom. The van der Waals surface area contributed by atoms with Crippen LogP contribution < -0.4 is 0 Å². The van der Waals surface area contributed by atoms with E-state index < -0.39 is 5.97 Å². The van der Waals surface area contributed by atoms with Crippen molar-refractivity contribution in [3.63, 3.8) is 0 Å². The Morgan fingerprint density at radius 2 is 2.08 bits per heavy atom. The van der Waals surface area contributed by atoms with Crippen molar-refractivity contribution < 1.29 is 9.90 Å². The number of halogens is 1. The van der Waals surface area contributed by atoms with Gasteiger partial charge >= 0.3 is 5.97 Å². The van der Waals surface area contributed by atoms with Crippen LogP contribution in [0.4, 0.5) is 0 Å². The van der Waals surface area contributed by atoms with Crippen molar-refractivity contribution in [3.8, 4) is 0 Å². The van der Waals surface area contributed by atoms with Gasteiger partial charge in [-0.2, -0.15) is 0 Å². The molecule has 0 saturated carbocycles. The average Bonchev–Trinajstić information content (AvgIpc) is 2.03. The Kier molecular flexibility index (Phi) is 3.09. The predicted molar refractivity (Wildman–Crippen MR) is 52.7 cm³/mol. The Morgan fingerprint density at radius 1 is 1.46 bits per heavy atom. The van der Waals surface area contributed by atoms with Crippen LogP contribution in [0, 0.1) is 0 Å². The molecule has 2 nitrogen and oxygen atoms in total. The molecule has 0 bridgehead atoms. The minimum Gasteiger partial charge on any atom is -0.478 e. The number of carbonyl (C=O) groups is 1. The third-order valence-electron chi connectivity index (χ3n) is 1.64. The molecule has 3 heteroatoms. The lowest BCUT2D eigenvalue weighted by atomic mass is 10.1. The first kappa shape index (κ1) is 9.81. The van der Waals surface area contributed by atoms with Crippen molar-refractivity contribution in [1.29, 1.82) is 0 Å². The lowest BCUT2D eigenvalue weighted by Gasteiger charge is -2.02. The molecule has 1 aromatic rings. The van der Waals surface area contributed by atoms with Crippen LogP contribution in [0.5, 0.6) is 0 Å². The topological polar surface area (TPSA) is 37.3 Å². The molecule has 0 aliphatic heterocycles. The van der Waals surface area contributed by atoms with Gasteiger partial charge in [0.05, 0.1) is 0 Å². The number of carboxylic acids is 1. The summed E-state index contributed by atoms with van der Waals surface area (Å²) in [4.78, 5) is 10.4. The highest BCUT2D eigenvalue weighted by Gasteiger charge is 2.01. The maximum absolute atomic E-state index is 10.4. The SMILES string of the molecule is C/C(=C/C(=O)O)c1ccccc1Cl. The first-order valence-corrected chi connectivity index (χ1v) is 4.15. The van der Waals surface area contributed by atoms with Crippen LogP contribution in [0.3, 0.4) is 0 Å². The highest BCUT2D eigenvalue weighted by molar-refractivity contribution is 6.32. The van der Waals surface area contributed by atoms with E-state index >= 15 is 0 Å². The van der Waals surface area contributed by atoms with Gasteiger partial charge in [0, 0.05) is 11.1 Å². The van der Waals surface area contributed by atoms with Crippen molar-refractivity contribution in [3.05, 3.63) is 40.9 Å². The summed E-state index contributed by atoms with van der Waals surface area (Å²) in [6.07, 6.45) is 1.14. The normalized spacial score (nSPS) is 11.4. The van der Waals surface area contributed by atoms with Gasteiger partial charge in [0.1, 0.15) is 0 Å². The molecule has 0 aliphatic carbocycles. The number of carboxylic acid groups (broad SMARTS) is 1. The molecular formula is C10H9ClO2. The van der Waals surface area contributed by atoms with Crippen LogP contribution in [0.1, 0.15) is 12.5 Å². The molecule has 0 radical (unpaired) electrons. The summed E-state index contributed by atoms with van der Waals surface area (Å²) in [6.45, 7) is 1.72. The maximum atomic E-state index is 10.4. The number of allylic oxidation sites excluding steroid dienone is 1. The fraction of sp³-hybridized carbons (Fsp3) is 0.100. The van der Waals surface area contributed by atoms with Crippen LogP contribution in [-0.4, -0.2) is 11.1 Å². The van der Waals surface area contributed by atoms with Crippen LogP contribution in [-0.2, 0) is 4.79 Å². The van der Waals surface area contributed by atoms with E-state index in [1.165, 1.54) is 0 Å². The van der Waals surface area contributed by atoms with Gasteiger partial charge in [-0.1, -0.05) is 29.8 Å². The second kappa shape index (κ2) is 4.10. The van der Waals surface area contributed by atoms with Gasteiger partial charge in [0.2, 0.25) is 0 Å². The summed E-state index contributed by atoms with van der Waals surface area (Å²) in [6, 6.07) is 7.15. The summed E-state index contributed by atoms with van der Waals surface area (Å²) in [5.74, 6) is -0.961. The number of benzene rings is 1. The fourth-order valence-electron chi connectivity index (χ4n) is 1.04. The highest BCUT2D eigenvalue weighted by Crippen LogP contribution is 2.22. The Hall–Kier alpha value is -1.28. The maximum Gasteiger partial charge on any atom is 0.328 e. The van der Waals surface area contributed by atoms with Crippen molar-refractivity contribution in [1.82, 2.24) is 0 Å². The summed E-state index contributed by atoms with van der Waals surface area (Å²) in [5.41, 5.74) is 1.41. The van der Waals surface area contributed by atoms with E-state index in [2.05, 4.69) is 0 Å². The van der Waals surface area contributed by atoms with Gasteiger partial charge in [-0.15, -0.1) is 0 Å². The summed E-state index contributed by atoms with van der Waals surface area (Å²) in [7, 11) is 0. The predicted octanol–water partition coefficient (Wildman–Crippen LogP) is 2.83. The minimum absolute atomic E-state index is 0.567. The van der Waals surface area contributed by atoms with Crippen LogP contribution >= 0.6 is 11.6 Å². The third-order valence-corrected chi connectivity index (χ3v) is 1.97. The molecule has 0 aliphatic rings. The zero-order valence-electron chi connectivity index (χ0n) is 7.12. The lowest BCUT2D eigenvalue weighted by Crippen LogP contribution is -1.90. The highest BCUT2D eigenvalue weighted by atomic mass is 35.5. The van der Waals surface area contributed by atoms with Gasteiger partial charge in [-0.05, 0) is 24.1 Å². The van der Waals surface area contributed by atoms with E-state index in [1.807, 2.05) is 6.07 Å². The number of hydrogen-bond acceptors (Lipinski definition) is 1. The second-order valence-electron chi connectivity index (χ2n) is 2.65. The van der Waals surface area contributed by atoms with Crippen molar-refractivity contribution in [2.75, 3.05) is 0 Å². The Balaban J connectivity index is 3.08. The van der Waals surface area contributed by atoms with E-state index in [0.29, 0.717) is 10.6 Å². The molecule has 1 rings (SSSR count). The quantitative estimate of drug-likeness (QED) is 0.739. The Bertz CT molecular complexity index is 356. The smallest absolute Gasteiger partial charge is 0.328 e.